The third-order valence-corrected chi connectivity index (χ3v) is 7.67. The van der Waals surface area contributed by atoms with Crippen LogP contribution in [0.15, 0.2) is 14.1 Å². The van der Waals surface area contributed by atoms with E-state index in [1.165, 1.54) is 22.6 Å². The van der Waals surface area contributed by atoms with Gasteiger partial charge in [0.15, 0.2) is 0 Å². The summed E-state index contributed by atoms with van der Waals surface area (Å²) in [5, 5.41) is 2.80. The van der Waals surface area contributed by atoms with Crippen LogP contribution in [0.2, 0.25) is 0 Å². The second kappa shape index (κ2) is 6.13. The number of nitrogens with one attached hydrogen (secondary N) is 1. The van der Waals surface area contributed by atoms with Crippen molar-refractivity contribution in [2.75, 3.05) is 13.1 Å². The van der Waals surface area contributed by atoms with Gasteiger partial charge < -0.3 is 5.32 Å². The van der Waals surface area contributed by atoms with Crippen LogP contribution in [0.3, 0.4) is 0 Å². The molecule has 0 aliphatic carbocycles. The van der Waals surface area contributed by atoms with Crippen molar-refractivity contribution in [1.29, 1.82) is 0 Å². The van der Waals surface area contributed by atoms with Crippen LogP contribution in [0.4, 0.5) is 0 Å². The molecule has 1 aromatic heterocycles. The van der Waals surface area contributed by atoms with Gasteiger partial charge >= 0.3 is 0 Å². The molecule has 1 aliphatic heterocycles. The Morgan fingerprint density at radius 2 is 2.25 bits per heavy atom. The van der Waals surface area contributed by atoms with Crippen LogP contribution in [0.5, 0.6) is 0 Å². The number of thiophene rings is 1. The van der Waals surface area contributed by atoms with E-state index in [0.29, 0.717) is 17.3 Å². The number of nitrogens with zero attached hydrogens (tertiary/aromatic N) is 1. The standard InChI is InChI=1S/C12H17BrN2O3S2/c1-8-6-11(19-12(8)13)20(17,18)15-5-3-4-10(7-15)14-9(2)16/h6,10H,3-5,7H2,1-2H3,(H,14,16). The summed E-state index contributed by atoms with van der Waals surface area (Å²) in [5.41, 5.74) is 0.920. The third kappa shape index (κ3) is 3.41. The van der Waals surface area contributed by atoms with E-state index in [4.69, 9.17) is 0 Å². The van der Waals surface area contributed by atoms with Gasteiger partial charge in [-0.05, 0) is 47.3 Å². The lowest BCUT2D eigenvalue weighted by molar-refractivity contribution is -0.119. The summed E-state index contributed by atoms with van der Waals surface area (Å²) in [6.07, 6.45) is 1.58. The van der Waals surface area contributed by atoms with Crippen LogP contribution in [0.1, 0.15) is 25.3 Å². The Balaban J connectivity index is 2.19. The van der Waals surface area contributed by atoms with Crippen molar-refractivity contribution in [2.24, 2.45) is 0 Å². The van der Waals surface area contributed by atoms with Crippen molar-refractivity contribution in [3.63, 3.8) is 0 Å². The maximum absolute atomic E-state index is 12.6. The van der Waals surface area contributed by atoms with Gasteiger partial charge in [0.2, 0.25) is 5.91 Å². The average molecular weight is 381 g/mol. The summed E-state index contributed by atoms with van der Waals surface area (Å²) in [5.74, 6) is -0.121. The van der Waals surface area contributed by atoms with E-state index in [9.17, 15) is 13.2 Å². The fraction of sp³-hybridized carbons (Fsp3) is 0.583. The van der Waals surface area contributed by atoms with Gasteiger partial charge in [0.25, 0.3) is 10.0 Å². The Labute approximate surface area is 131 Å². The van der Waals surface area contributed by atoms with E-state index in [1.54, 1.807) is 6.07 Å². The van der Waals surface area contributed by atoms with Gasteiger partial charge in [-0.3, -0.25) is 4.79 Å². The molecule has 1 N–H and O–H groups in total. The van der Waals surface area contributed by atoms with Crippen molar-refractivity contribution in [3.8, 4) is 0 Å². The highest BCUT2D eigenvalue weighted by Gasteiger charge is 2.31. The van der Waals surface area contributed by atoms with Crippen molar-refractivity contribution in [2.45, 2.75) is 36.9 Å². The van der Waals surface area contributed by atoms with Crippen molar-refractivity contribution in [3.05, 3.63) is 15.4 Å². The second-order valence-electron chi connectivity index (χ2n) is 4.92. The summed E-state index contributed by atoms with van der Waals surface area (Å²) in [4.78, 5) is 11.1. The SMILES string of the molecule is CC(=O)NC1CCCN(S(=O)(=O)c2cc(C)c(Br)s2)C1. The van der Waals surface area contributed by atoms with Gasteiger partial charge in [-0.15, -0.1) is 11.3 Å². The van der Waals surface area contributed by atoms with E-state index in [0.717, 1.165) is 22.2 Å². The molecule has 1 aromatic rings. The van der Waals surface area contributed by atoms with E-state index in [-0.39, 0.29) is 11.9 Å². The summed E-state index contributed by atoms with van der Waals surface area (Å²) >= 11 is 4.59. The third-order valence-electron chi connectivity index (χ3n) is 3.22. The number of carbonyl (C=O) groups is 1. The van der Waals surface area contributed by atoms with Crippen LogP contribution in [-0.4, -0.2) is 37.8 Å². The molecule has 1 aliphatic rings. The van der Waals surface area contributed by atoms with Crippen LogP contribution in [0.25, 0.3) is 0 Å². The lowest BCUT2D eigenvalue weighted by Crippen LogP contribution is -2.48. The minimum Gasteiger partial charge on any atom is -0.352 e. The largest absolute Gasteiger partial charge is 0.352 e. The molecule has 1 atom stereocenters. The van der Waals surface area contributed by atoms with E-state index < -0.39 is 10.0 Å². The summed E-state index contributed by atoms with van der Waals surface area (Å²) < 4.78 is 27.8. The van der Waals surface area contributed by atoms with Crippen LogP contribution < -0.4 is 5.32 Å². The highest BCUT2D eigenvalue weighted by Crippen LogP contribution is 2.33. The molecule has 0 spiro atoms. The predicted molar refractivity (Wildman–Crippen MR) is 82.4 cm³/mol. The first kappa shape index (κ1) is 15.9. The van der Waals surface area contributed by atoms with Crippen LogP contribution in [0, 0.1) is 6.92 Å². The number of piperidine rings is 1. The lowest BCUT2D eigenvalue weighted by atomic mass is 10.1. The first-order valence-corrected chi connectivity index (χ1v) is 9.39. The molecule has 20 heavy (non-hydrogen) atoms. The van der Waals surface area contributed by atoms with E-state index in [2.05, 4.69) is 21.2 Å². The molecule has 1 saturated heterocycles. The molecule has 112 valence electrons. The predicted octanol–water partition coefficient (Wildman–Crippen LogP) is 2.11. The molecule has 1 fully saturated rings. The maximum atomic E-state index is 12.6. The number of rotatable bonds is 3. The molecule has 8 heteroatoms. The monoisotopic (exact) mass is 380 g/mol. The highest BCUT2D eigenvalue weighted by molar-refractivity contribution is 9.11. The van der Waals surface area contributed by atoms with Crippen molar-refractivity contribution >= 4 is 43.2 Å². The number of hydrogen-bond acceptors (Lipinski definition) is 4. The highest BCUT2D eigenvalue weighted by atomic mass is 79.9. The fourth-order valence-corrected chi connectivity index (χ4v) is 6.16. The second-order valence-corrected chi connectivity index (χ2v) is 9.46. The fourth-order valence-electron chi connectivity index (χ4n) is 2.25. The molecule has 0 bridgehead atoms. The zero-order valence-electron chi connectivity index (χ0n) is 11.3. The Morgan fingerprint density at radius 3 is 2.80 bits per heavy atom. The Hall–Kier alpha value is -0.440. The molecule has 2 heterocycles. The summed E-state index contributed by atoms with van der Waals surface area (Å²) in [7, 11) is -3.46. The Kier molecular flexibility index (Phi) is 4.88. The molecular formula is C12H17BrN2O3S2. The van der Waals surface area contributed by atoms with Crippen LogP contribution >= 0.6 is 27.3 Å². The van der Waals surface area contributed by atoms with Gasteiger partial charge in [0.05, 0.1) is 3.79 Å². The number of amides is 1. The minimum absolute atomic E-state index is 0.0967. The van der Waals surface area contributed by atoms with Crippen LogP contribution in [-0.2, 0) is 14.8 Å². The van der Waals surface area contributed by atoms with Crippen molar-refractivity contribution in [1.82, 2.24) is 9.62 Å². The van der Waals surface area contributed by atoms with Gasteiger partial charge in [0, 0.05) is 26.1 Å². The Morgan fingerprint density at radius 1 is 1.55 bits per heavy atom. The van der Waals surface area contributed by atoms with E-state index >= 15 is 0 Å². The number of halogens is 1. The topological polar surface area (TPSA) is 66.5 Å². The zero-order chi connectivity index (χ0) is 14.9. The molecule has 0 radical (unpaired) electrons. The Bertz CT molecular complexity index is 593. The molecule has 1 amide bonds. The van der Waals surface area contributed by atoms with Gasteiger partial charge in [-0.2, -0.15) is 4.31 Å². The zero-order valence-corrected chi connectivity index (χ0v) is 14.6. The molecular weight excluding hydrogens is 364 g/mol. The molecule has 5 nitrogen and oxygen atoms in total. The average Bonchev–Trinajstić information content (AvgIpc) is 2.70. The van der Waals surface area contributed by atoms with E-state index in [1.807, 2.05) is 6.92 Å². The quantitative estimate of drug-likeness (QED) is 0.872. The number of hydrogen-bond donors (Lipinski definition) is 1. The number of carbonyl (C=O) groups excluding carboxylic acids is 1. The normalized spacial score (nSPS) is 20.9. The van der Waals surface area contributed by atoms with Gasteiger partial charge in [0.1, 0.15) is 4.21 Å². The maximum Gasteiger partial charge on any atom is 0.252 e. The molecule has 0 aromatic carbocycles. The number of aryl methyl sites for hydroxylation is 1. The number of sulfonamides is 1. The molecule has 1 unspecified atom stereocenters. The first-order valence-electron chi connectivity index (χ1n) is 6.34. The minimum atomic E-state index is -3.46. The summed E-state index contributed by atoms with van der Waals surface area (Å²) in [6, 6.07) is 1.59. The molecule has 0 saturated carbocycles. The van der Waals surface area contributed by atoms with Gasteiger partial charge in [-0.25, -0.2) is 8.42 Å². The summed E-state index contributed by atoms with van der Waals surface area (Å²) in [6.45, 7) is 4.17. The lowest BCUT2D eigenvalue weighted by Gasteiger charge is -2.31. The molecule has 2 rings (SSSR count). The van der Waals surface area contributed by atoms with Crippen molar-refractivity contribution < 1.29 is 13.2 Å². The smallest absolute Gasteiger partial charge is 0.252 e. The van der Waals surface area contributed by atoms with Gasteiger partial charge in [-0.1, -0.05) is 0 Å². The first-order chi connectivity index (χ1) is 9.30.